The Morgan fingerprint density at radius 2 is 2.04 bits per heavy atom. The smallest absolute Gasteiger partial charge is 0.306 e. The van der Waals surface area contributed by atoms with E-state index >= 15 is 0 Å². The summed E-state index contributed by atoms with van der Waals surface area (Å²) in [5.74, 6) is 3.07. The van der Waals surface area contributed by atoms with Crippen molar-refractivity contribution in [3.63, 3.8) is 0 Å². The van der Waals surface area contributed by atoms with Crippen molar-refractivity contribution < 1.29 is 9.53 Å². The van der Waals surface area contributed by atoms with Gasteiger partial charge in [-0.25, -0.2) is 0 Å². The molecule has 0 saturated carbocycles. The molecule has 0 bridgehead atoms. The lowest BCUT2D eigenvalue weighted by Gasteiger charge is -2.32. The van der Waals surface area contributed by atoms with Gasteiger partial charge in [-0.3, -0.25) is 14.7 Å². The van der Waals surface area contributed by atoms with E-state index in [0.717, 1.165) is 48.8 Å². The predicted molar refractivity (Wildman–Crippen MR) is 108 cm³/mol. The van der Waals surface area contributed by atoms with Crippen molar-refractivity contribution in [2.75, 3.05) is 13.1 Å². The molecular weight excluding hydrogens is 336 g/mol. The maximum Gasteiger partial charge on any atom is 0.306 e. The number of benzene rings is 1. The first-order valence-electron chi connectivity index (χ1n) is 9.61. The van der Waals surface area contributed by atoms with E-state index in [2.05, 4.69) is 34.0 Å². The number of hydrogen-bond donors (Lipinski definition) is 0. The van der Waals surface area contributed by atoms with Crippen LogP contribution in [0, 0.1) is 18.3 Å². The van der Waals surface area contributed by atoms with Gasteiger partial charge >= 0.3 is 5.97 Å². The number of hydrogen-bond acceptors (Lipinski definition) is 4. The van der Waals surface area contributed by atoms with Crippen LogP contribution in [0.25, 0.3) is 10.8 Å². The second-order valence-electron chi connectivity index (χ2n) is 8.40. The van der Waals surface area contributed by atoms with Gasteiger partial charge in [-0.05, 0) is 64.3 Å². The van der Waals surface area contributed by atoms with E-state index in [1.165, 1.54) is 5.56 Å². The van der Waals surface area contributed by atoms with Gasteiger partial charge < -0.3 is 4.74 Å². The summed E-state index contributed by atoms with van der Waals surface area (Å²) < 4.78 is 5.45. The van der Waals surface area contributed by atoms with E-state index in [1.807, 2.05) is 27.0 Å². The molecule has 1 aromatic carbocycles. The highest BCUT2D eigenvalue weighted by Gasteiger charge is 2.24. The normalized spacial score (nSPS) is 16.2. The zero-order chi connectivity index (χ0) is 19.4. The molecule has 1 fully saturated rings. The molecule has 1 aliphatic heterocycles. The molecule has 1 saturated heterocycles. The molecule has 0 aliphatic carbocycles. The van der Waals surface area contributed by atoms with Crippen molar-refractivity contribution in [1.29, 1.82) is 0 Å². The molecule has 4 heteroatoms. The van der Waals surface area contributed by atoms with E-state index in [0.29, 0.717) is 12.3 Å². The fraction of sp³-hybridized carbons (Fsp3) is 0.478. The van der Waals surface area contributed by atoms with Gasteiger partial charge in [0.05, 0.1) is 5.56 Å². The Morgan fingerprint density at radius 1 is 1.30 bits per heavy atom. The molecule has 2 heterocycles. The zero-order valence-electron chi connectivity index (χ0n) is 16.5. The van der Waals surface area contributed by atoms with Crippen LogP contribution in [-0.4, -0.2) is 34.5 Å². The maximum atomic E-state index is 12.0. The topological polar surface area (TPSA) is 42.4 Å². The highest BCUT2D eigenvalue weighted by Crippen LogP contribution is 2.25. The quantitative estimate of drug-likeness (QED) is 0.603. The highest BCUT2D eigenvalue weighted by molar-refractivity contribution is 5.87. The molecule has 4 nitrogen and oxygen atoms in total. The minimum atomic E-state index is -0.402. The first kappa shape index (κ1) is 19.4. The lowest BCUT2D eigenvalue weighted by molar-refractivity contribution is -0.156. The predicted octanol–water partition coefficient (Wildman–Crippen LogP) is 4.16. The average Bonchev–Trinajstić information content (AvgIpc) is 2.61. The van der Waals surface area contributed by atoms with Crippen molar-refractivity contribution in [1.82, 2.24) is 9.88 Å². The number of ether oxygens (including phenoxy) is 1. The third kappa shape index (κ3) is 5.30. The Morgan fingerprint density at radius 3 is 2.70 bits per heavy atom. The Kier molecular flexibility index (Phi) is 5.82. The standard InChI is InChI=1S/C23H28N2O2/c1-5-19-14-24-15-20-7-6-18(12-21(19)20)16-25-10-8-17(9-11-25)13-22(26)27-23(2,3)4/h1,6-7,12,14-15,17H,8-11,13,16H2,2-4H3. The molecule has 0 radical (unpaired) electrons. The number of nitrogens with zero attached hydrogens (tertiary/aromatic N) is 2. The lowest BCUT2D eigenvalue weighted by Crippen LogP contribution is -2.34. The second-order valence-corrected chi connectivity index (χ2v) is 8.40. The molecule has 0 atom stereocenters. The van der Waals surface area contributed by atoms with Crippen molar-refractivity contribution in [3.8, 4) is 12.3 Å². The monoisotopic (exact) mass is 364 g/mol. The number of aromatic nitrogens is 1. The number of terminal acetylenes is 1. The van der Waals surface area contributed by atoms with E-state index in [-0.39, 0.29) is 5.97 Å². The number of fused-ring (bicyclic) bond motifs is 1. The van der Waals surface area contributed by atoms with Crippen molar-refractivity contribution >= 4 is 16.7 Å². The van der Waals surface area contributed by atoms with E-state index in [1.54, 1.807) is 6.20 Å². The first-order chi connectivity index (χ1) is 12.8. The summed E-state index contributed by atoms with van der Waals surface area (Å²) in [5, 5.41) is 2.16. The Hall–Kier alpha value is -2.38. The Bertz CT molecular complexity index is 853. The number of carbonyl (C=O) groups excluding carboxylic acids is 1. The maximum absolute atomic E-state index is 12.0. The summed E-state index contributed by atoms with van der Waals surface area (Å²) in [7, 11) is 0. The van der Waals surface area contributed by atoms with Crippen molar-refractivity contribution in [2.45, 2.75) is 52.2 Å². The molecule has 1 aliphatic rings. The number of esters is 1. The van der Waals surface area contributed by atoms with Gasteiger partial charge in [-0.1, -0.05) is 18.1 Å². The fourth-order valence-corrected chi connectivity index (χ4v) is 3.65. The summed E-state index contributed by atoms with van der Waals surface area (Å²) in [5.41, 5.74) is 1.70. The van der Waals surface area contributed by atoms with Gasteiger partial charge in [0.25, 0.3) is 0 Å². The van der Waals surface area contributed by atoms with Crippen LogP contribution in [0.5, 0.6) is 0 Å². The van der Waals surface area contributed by atoms with Crippen LogP contribution in [-0.2, 0) is 16.1 Å². The summed E-state index contributed by atoms with van der Waals surface area (Å²) in [4.78, 5) is 18.7. The average molecular weight is 364 g/mol. The van der Waals surface area contributed by atoms with Gasteiger partial charge in [0.2, 0.25) is 0 Å². The van der Waals surface area contributed by atoms with Crippen molar-refractivity contribution in [3.05, 3.63) is 41.7 Å². The van der Waals surface area contributed by atoms with Crippen LogP contribution in [0.4, 0.5) is 0 Å². The summed E-state index contributed by atoms with van der Waals surface area (Å²) in [6.45, 7) is 8.66. The summed E-state index contributed by atoms with van der Waals surface area (Å²) >= 11 is 0. The van der Waals surface area contributed by atoms with Crippen LogP contribution in [0.2, 0.25) is 0 Å². The lowest BCUT2D eigenvalue weighted by atomic mass is 9.93. The number of carbonyl (C=O) groups is 1. The Balaban J connectivity index is 1.56. The Labute approximate surface area is 161 Å². The molecule has 142 valence electrons. The minimum absolute atomic E-state index is 0.0779. The van der Waals surface area contributed by atoms with Gasteiger partial charge in [-0.2, -0.15) is 0 Å². The van der Waals surface area contributed by atoms with Crippen LogP contribution < -0.4 is 0 Å². The molecular formula is C23H28N2O2. The zero-order valence-corrected chi connectivity index (χ0v) is 16.5. The molecule has 0 unspecified atom stereocenters. The fourth-order valence-electron chi connectivity index (χ4n) is 3.65. The number of pyridine rings is 1. The summed E-state index contributed by atoms with van der Waals surface area (Å²) in [6.07, 6.45) is 11.8. The number of likely N-dealkylation sites (tertiary alicyclic amines) is 1. The van der Waals surface area contributed by atoms with Gasteiger partial charge in [-0.15, -0.1) is 6.42 Å². The first-order valence-corrected chi connectivity index (χ1v) is 9.61. The minimum Gasteiger partial charge on any atom is -0.460 e. The van der Waals surface area contributed by atoms with E-state index < -0.39 is 5.60 Å². The van der Waals surface area contributed by atoms with Crippen LogP contribution >= 0.6 is 0 Å². The van der Waals surface area contributed by atoms with Gasteiger partial charge in [0, 0.05) is 36.1 Å². The van der Waals surface area contributed by atoms with Gasteiger partial charge in [0.15, 0.2) is 0 Å². The molecule has 0 N–H and O–H groups in total. The van der Waals surface area contributed by atoms with Crippen LogP contribution in [0.15, 0.2) is 30.6 Å². The number of piperidine rings is 1. The van der Waals surface area contributed by atoms with Crippen LogP contribution in [0.1, 0.15) is 51.2 Å². The SMILES string of the molecule is C#Cc1cncc2ccc(CN3CCC(CC(=O)OC(C)(C)C)CC3)cc12. The third-order valence-corrected chi connectivity index (χ3v) is 4.97. The highest BCUT2D eigenvalue weighted by atomic mass is 16.6. The van der Waals surface area contributed by atoms with E-state index in [9.17, 15) is 4.79 Å². The van der Waals surface area contributed by atoms with Crippen LogP contribution in [0.3, 0.4) is 0 Å². The molecule has 0 amide bonds. The molecule has 27 heavy (non-hydrogen) atoms. The second kappa shape index (κ2) is 8.10. The number of rotatable bonds is 4. The summed E-state index contributed by atoms with van der Waals surface area (Å²) in [6, 6.07) is 6.42. The third-order valence-electron chi connectivity index (χ3n) is 4.97. The largest absolute Gasteiger partial charge is 0.460 e. The molecule has 1 aromatic heterocycles. The van der Waals surface area contributed by atoms with Gasteiger partial charge in [0.1, 0.15) is 5.60 Å². The molecule has 3 rings (SSSR count). The molecule has 2 aromatic rings. The molecule has 0 spiro atoms. The van der Waals surface area contributed by atoms with Crippen molar-refractivity contribution in [2.24, 2.45) is 5.92 Å². The van der Waals surface area contributed by atoms with E-state index in [4.69, 9.17) is 11.2 Å².